The maximum absolute atomic E-state index is 3.91. The standard InChI is InChI=1S/C14H18Br2Ge2/c1-17(2,15)13-7-5-12-10-14(18(3,4)16)8-6-11(12)9-13/h5-10H,1-4H3. The number of hydrogen-bond donors (Lipinski definition) is 0. The number of fused-ring (bicyclic) bond motifs is 1. The second-order valence-corrected chi connectivity index (χ2v) is 41.1. The molecule has 0 spiro atoms. The van der Waals surface area contributed by atoms with Crippen LogP contribution in [0.2, 0.25) is 23.0 Å². The van der Waals surface area contributed by atoms with Crippen molar-refractivity contribution in [3.05, 3.63) is 36.4 Å². The second kappa shape index (κ2) is 5.26. The van der Waals surface area contributed by atoms with Crippen molar-refractivity contribution in [1.29, 1.82) is 0 Å². The van der Waals surface area contributed by atoms with E-state index in [4.69, 9.17) is 0 Å². The Morgan fingerprint density at radius 1 is 0.667 bits per heavy atom. The fourth-order valence-electron chi connectivity index (χ4n) is 1.99. The summed E-state index contributed by atoms with van der Waals surface area (Å²) in [6, 6.07) is 13.9. The molecule has 0 aliphatic carbocycles. The summed E-state index contributed by atoms with van der Waals surface area (Å²) in [6.07, 6.45) is 0. The van der Waals surface area contributed by atoms with Crippen molar-refractivity contribution in [2.75, 3.05) is 0 Å². The predicted octanol–water partition coefficient (Wildman–Crippen LogP) is 4.45. The minimum atomic E-state index is -1.88. The molecule has 0 aromatic heterocycles. The Morgan fingerprint density at radius 2 is 1.00 bits per heavy atom. The van der Waals surface area contributed by atoms with Gasteiger partial charge in [-0.2, -0.15) is 0 Å². The summed E-state index contributed by atoms with van der Waals surface area (Å²) in [7, 11) is 0. The molecule has 0 unspecified atom stereocenters. The van der Waals surface area contributed by atoms with Gasteiger partial charge in [-0.3, -0.25) is 0 Å². The van der Waals surface area contributed by atoms with Crippen LogP contribution < -0.4 is 8.79 Å². The summed E-state index contributed by atoms with van der Waals surface area (Å²) in [4.78, 5) is 0. The number of benzene rings is 2. The normalized spacial score (nSPS) is 13.0. The number of hydrogen-bond acceptors (Lipinski definition) is 0. The SMILES string of the molecule is [CH3][Ge]([CH3])([Br])[c]1ccc2c[c]([Ge]([CH3])([CH3])[Br])ccc2c1. The van der Waals surface area contributed by atoms with Crippen molar-refractivity contribution in [3.63, 3.8) is 0 Å². The number of rotatable bonds is 2. The first-order valence-electron chi connectivity index (χ1n) is 6.10. The molecule has 0 saturated carbocycles. The Hall–Kier alpha value is 0.746. The van der Waals surface area contributed by atoms with Gasteiger partial charge in [0.05, 0.1) is 0 Å². The summed E-state index contributed by atoms with van der Waals surface area (Å²) in [5.74, 6) is 9.47. The van der Waals surface area contributed by atoms with Crippen LogP contribution in [-0.2, 0) is 0 Å². The van der Waals surface area contributed by atoms with E-state index in [9.17, 15) is 0 Å². The molecule has 0 saturated heterocycles. The predicted molar refractivity (Wildman–Crippen MR) is 96.0 cm³/mol. The second-order valence-electron chi connectivity index (χ2n) is 5.72. The first-order chi connectivity index (χ1) is 8.18. The zero-order valence-corrected chi connectivity index (χ0v) is 18.6. The molecule has 0 nitrogen and oxygen atoms in total. The third-order valence-electron chi connectivity index (χ3n) is 3.21. The zero-order valence-electron chi connectivity index (χ0n) is 11.2. The van der Waals surface area contributed by atoms with Gasteiger partial charge in [0.1, 0.15) is 0 Å². The van der Waals surface area contributed by atoms with Crippen LogP contribution >= 0.6 is 28.0 Å². The third kappa shape index (κ3) is 3.44. The van der Waals surface area contributed by atoms with Crippen molar-refractivity contribution < 1.29 is 0 Å². The fourth-order valence-corrected chi connectivity index (χ4v) is 8.65. The molecule has 2 rings (SSSR count). The van der Waals surface area contributed by atoms with Crippen LogP contribution in [0.15, 0.2) is 36.4 Å². The molecule has 4 heteroatoms. The first-order valence-corrected chi connectivity index (χ1v) is 26.4. The number of halogens is 2. The first kappa shape index (κ1) is 15.1. The molecule has 0 atom stereocenters. The Kier molecular flexibility index (Phi) is 4.43. The molecular formula is C14H18Br2Ge2. The summed E-state index contributed by atoms with van der Waals surface area (Å²) in [6.45, 7) is 0. The van der Waals surface area contributed by atoms with Gasteiger partial charge in [0.2, 0.25) is 0 Å². The van der Waals surface area contributed by atoms with Crippen molar-refractivity contribution in [1.82, 2.24) is 0 Å². The van der Waals surface area contributed by atoms with Crippen molar-refractivity contribution in [3.8, 4) is 0 Å². The van der Waals surface area contributed by atoms with Crippen LogP contribution in [0.3, 0.4) is 0 Å². The van der Waals surface area contributed by atoms with Crippen molar-refractivity contribution in [2.24, 2.45) is 0 Å². The van der Waals surface area contributed by atoms with Crippen molar-refractivity contribution >= 4 is 70.4 Å². The molecule has 18 heavy (non-hydrogen) atoms. The molecule has 0 N–H and O–H groups in total. The monoisotopic (exact) mass is 492 g/mol. The molecule has 96 valence electrons. The van der Waals surface area contributed by atoms with Crippen LogP contribution in [0.5, 0.6) is 0 Å². The average molecular weight is 491 g/mol. The van der Waals surface area contributed by atoms with E-state index in [0.29, 0.717) is 0 Å². The minimum absolute atomic E-state index is 1.37. The van der Waals surface area contributed by atoms with Crippen LogP contribution in [0.4, 0.5) is 0 Å². The van der Waals surface area contributed by atoms with Gasteiger partial charge in [0.25, 0.3) is 0 Å². The van der Waals surface area contributed by atoms with Crippen LogP contribution in [0.1, 0.15) is 0 Å². The quantitative estimate of drug-likeness (QED) is 0.545. The molecular weight excluding hydrogens is 473 g/mol. The van der Waals surface area contributed by atoms with Gasteiger partial charge in [0, 0.05) is 0 Å². The van der Waals surface area contributed by atoms with E-state index in [-0.39, 0.29) is 0 Å². The van der Waals surface area contributed by atoms with E-state index < -0.39 is 22.8 Å². The molecule has 2 aromatic rings. The summed E-state index contributed by atoms with van der Waals surface area (Å²) >= 11 is 4.05. The Labute approximate surface area is 128 Å². The molecule has 2 aromatic carbocycles. The molecule has 0 aliphatic heterocycles. The molecule has 0 heterocycles. The summed E-state index contributed by atoms with van der Waals surface area (Å²) in [5, 5.41) is 2.74. The topological polar surface area (TPSA) is 0 Å². The molecule has 0 amide bonds. The van der Waals surface area contributed by atoms with E-state index >= 15 is 0 Å². The Balaban J connectivity index is 2.56. The van der Waals surface area contributed by atoms with Crippen molar-refractivity contribution in [2.45, 2.75) is 23.0 Å². The maximum atomic E-state index is 3.91. The van der Waals surface area contributed by atoms with Gasteiger partial charge in [-0.1, -0.05) is 0 Å². The summed E-state index contributed by atoms with van der Waals surface area (Å²) in [5.41, 5.74) is 0. The Morgan fingerprint density at radius 3 is 1.28 bits per heavy atom. The fraction of sp³-hybridized carbons (Fsp3) is 0.286. The van der Waals surface area contributed by atoms with Gasteiger partial charge in [-0.25, -0.2) is 0 Å². The molecule has 0 aliphatic rings. The average Bonchev–Trinajstić information content (AvgIpc) is 2.25. The van der Waals surface area contributed by atoms with E-state index in [0.717, 1.165) is 0 Å². The van der Waals surface area contributed by atoms with E-state index in [2.05, 4.69) is 87.4 Å². The van der Waals surface area contributed by atoms with E-state index in [1.807, 2.05) is 0 Å². The van der Waals surface area contributed by atoms with Gasteiger partial charge < -0.3 is 0 Å². The van der Waals surface area contributed by atoms with Gasteiger partial charge in [-0.15, -0.1) is 0 Å². The zero-order chi connectivity index (χ0) is 13.6. The third-order valence-corrected chi connectivity index (χ3v) is 15.0. The van der Waals surface area contributed by atoms with Gasteiger partial charge in [-0.05, 0) is 0 Å². The van der Waals surface area contributed by atoms with Crippen LogP contribution in [0, 0.1) is 0 Å². The van der Waals surface area contributed by atoms with Crippen LogP contribution in [-0.4, -0.2) is 22.8 Å². The van der Waals surface area contributed by atoms with Gasteiger partial charge in [0.15, 0.2) is 0 Å². The molecule has 0 bridgehead atoms. The Bertz CT molecular complexity index is 527. The van der Waals surface area contributed by atoms with Gasteiger partial charge >= 0.3 is 130 Å². The molecule has 0 radical (unpaired) electrons. The molecule has 0 fully saturated rings. The van der Waals surface area contributed by atoms with Crippen LogP contribution in [0.25, 0.3) is 10.8 Å². The van der Waals surface area contributed by atoms with E-state index in [1.165, 1.54) is 19.6 Å². The summed E-state index contributed by atoms with van der Waals surface area (Å²) < 4.78 is 3.02. The van der Waals surface area contributed by atoms with E-state index in [1.54, 1.807) is 0 Å².